The fourth-order valence-corrected chi connectivity index (χ4v) is 1.11. The van der Waals surface area contributed by atoms with Crippen LogP contribution in [0.2, 0.25) is 0 Å². The van der Waals surface area contributed by atoms with E-state index in [9.17, 15) is 5.11 Å². The van der Waals surface area contributed by atoms with Gasteiger partial charge in [-0.25, -0.2) is 0 Å². The van der Waals surface area contributed by atoms with Crippen molar-refractivity contribution in [3.63, 3.8) is 0 Å². The highest BCUT2D eigenvalue weighted by atomic mass is 16.3. The minimum Gasteiger partial charge on any atom is -0.396 e. The fraction of sp³-hybridized carbons (Fsp3) is 1.00. The van der Waals surface area contributed by atoms with Gasteiger partial charge in [-0.3, -0.25) is 0 Å². The highest BCUT2D eigenvalue weighted by Crippen LogP contribution is 2.20. The van der Waals surface area contributed by atoms with Gasteiger partial charge in [0.25, 0.3) is 0 Å². The molecule has 0 aliphatic rings. The van der Waals surface area contributed by atoms with Gasteiger partial charge in [-0.15, -0.1) is 0 Å². The number of aliphatic hydroxyl groups is 2. The van der Waals surface area contributed by atoms with Gasteiger partial charge >= 0.3 is 0 Å². The first-order chi connectivity index (χ1) is 6.39. The molecule has 1 atom stereocenters. The smallest absolute Gasteiger partial charge is 0.0496 e. The zero-order valence-electron chi connectivity index (χ0n) is 9.93. The van der Waals surface area contributed by atoms with Gasteiger partial charge < -0.3 is 15.5 Å². The summed E-state index contributed by atoms with van der Waals surface area (Å²) in [5.41, 5.74) is -0.104. The van der Waals surface area contributed by atoms with Crippen LogP contribution in [-0.4, -0.2) is 35.5 Å². The molecule has 0 rings (SSSR count). The number of nitrogens with one attached hydrogen (secondary N) is 1. The molecule has 0 fully saturated rings. The van der Waals surface area contributed by atoms with Crippen LogP contribution in [0.1, 0.15) is 40.5 Å². The van der Waals surface area contributed by atoms with Crippen molar-refractivity contribution in [2.24, 2.45) is 5.41 Å². The molecule has 0 aromatic heterocycles. The van der Waals surface area contributed by atoms with Crippen LogP contribution < -0.4 is 5.32 Å². The lowest BCUT2D eigenvalue weighted by Crippen LogP contribution is -2.46. The Morgan fingerprint density at radius 3 is 2.07 bits per heavy atom. The van der Waals surface area contributed by atoms with Crippen molar-refractivity contribution in [3.05, 3.63) is 0 Å². The lowest BCUT2D eigenvalue weighted by Gasteiger charge is -2.33. The second-order valence-corrected chi connectivity index (χ2v) is 5.03. The van der Waals surface area contributed by atoms with Crippen molar-refractivity contribution in [3.8, 4) is 0 Å². The molecule has 0 saturated carbocycles. The van der Waals surface area contributed by atoms with E-state index >= 15 is 0 Å². The molecule has 0 aromatic rings. The topological polar surface area (TPSA) is 52.5 Å². The van der Waals surface area contributed by atoms with Crippen molar-refractivity contribution in [1.29, 1.82) is 0 Å². The molecule has 3 heteroatoms. The van der Waals surface area contributed by atoms with Gasteiger partial charge in [-0.1, -0.05) is 13.8 Å². The normalized spacial score (nSPS) is 16.7. The number of rotatable bonds is 7. The standard InChI is InChI=1S/C11H25NO2/c1-5-11(4,9-14)8-12-10(2,3)6-7-13/h12-14H,5-9H2,1-4H3. The molecule has 0 bridgehead atoms. The van der Waals surface area contributed by atoms with Crippen LogP contribution in [0.4, 0.5) is 0 Å². The van der Waals surface area contributed by atoms with Crippen LogP contribution in [0.5, 0.6) is 0 Å². The first-order valence-electron chi connectivity index (χ1n) is 5.36. The maximum absolute atomic E-state index is 9.22. The predicted molar refractivity (Wildman–Crippen MR) is 59.3 cm³/mol. The maximum Gasteiger partial charge on any atom is 0.0496 e. The van der Waals surface area contributed by atoms with Crippen LogP contribution in [-0.2, 0) is 0 Å². The number of aliphatic hydroxyl groups excluding tert-OH is 2. The summed E-state index contributed by atoms with van der Waals surface area (Å²) >= 11 is 0. The van der Waals surface area contributed by atoms with Crippen LogP contribution in [0, 0.1) is 5.41 Å². The Hall–Kier alpha value is -0.120. The molecule has 0 spiro atoms. The molecule has 3 N–H and O–H groups in total. The highest BCUT2D eigenvalue weighted by molar-refractivity contribution is 4.82. The van der Waals surface area contributed by atoms with Crippen LogP contribution >= 0.6 is 0 Å². The van der Waals surface area contributed by atoms with Crippen molar-refractivity contribution in [2.45, 2.75) is 46.1 Å². The Morgan fingerprint density at radius 2 is 1.71 bits per heavy atom. The van der Waals surface area contributed by atoms with Crippen molar-refractivity contribution < 1.29 is 10.2 Å². The molecule has 86 valence electrons. The molecule has 0 aliphatic carbocycles. The first-order valence-corrected chi connectivity index (χ1v) is 5.36. The molecular formula is C11H25NO2. The molecule has 0 amide bonds. The van der Waals surface area contributed by atoms with E-state index < -0.39 is 0 Å². The van der Waals surface area contributed by atoms with E-state index in [0.717, 1.165) is 19.4 Å². The van der Waals surface area contributed by atoms with E-state index in [1.807, 2.05) is 0 Å². The van der Waals surface area contributed by atoms with Crippen LogP contribution in [0.25, 0.3) is 0 Å². The van der Waals surface area contributed by atoms with E-state index in [1.165, 1.54) is 0 Å². The molecule has 0 aromatic carbocycles. The minimum absolute atomic E-state index is 0.0489. The Balaban J connectivity index is 4.02. The van der Waals surface area contributed by atoms with E-state index in [0.29, 0.717) is 0 Å². The SMILES string of the molecule is CCC(C)(CO)CNC(C)(C)CCO. The van der Waals surface area contributed by atoms with E-state index in [4.69, 9.17) is 5.11 Å². The van der Waals surface area contributed by atoms with Crippen molar-refractivity contribution in [1.82, 2.24) is 5.32 Å². The van der Waals surface area contributed by atoms with Gasteiger partial charge in [0.1, 0.15) is 0 Å². The Morgan fingerprint density at radius 1 is 1.14 bits per heavy atom. The van der Waals surface area contributed by atoms with Gasteiger partial charge in [-0.2, -0.15) is 0 Å². The summed E-state index contributed by atoms with van der Waals surface area (Å²) in [6, 6.07) is 0. The molecule has 14 heavy (non-hydrogen) atoms. The van der Waals surface area contributed by atoms with Gasteiger partial charge in [-0.05, 0) is 26.7 Å². The third-order valence-corrected chi connectivity index (χ3v) is 2.97. The lowest BCUT2D eigenvalue weighted by atomic mass is 9.87. The number of hydrogen-bond donors (Lipinski definition) is 3. The van der Waals surface area contributed by atoms with Gasteiger partial charge in [0, 0.05) is 30.7 Å². The molecule has 3 nitrogen and oxygen atoms in total. The first kappa shape index (κ1) is 13.9. The minimum atomic E-state index is -0.0552. The molecule has 1 unspecified atom stereocenters. The third-order valence-electron chi connectivity index (χ3n) is 2.97. The Labute approximate surface area is 87.5 Å². The molecule has 0 aliphatic heterocycles. The van der Waals surface area contributed by atoms with Crippen molar-refractivity contribution in [2.75, 3.05) is 19.8 Å². The Bertz CT molecular complexity index is 153. The largest absolute Gasteiger partial charge is 0.396 e. The summed E-state index contributed by atoms with van der Waals surface area (Å²) in [7, 11) is 0. The second-order valence-electron chi connectivity index (χ2n) is 5.03. The predicted octanol–water partition coefficient (Wildman–Crippen LogP) is 1.15. The van der Waals surface area contributed by atoms with Crippen LogP contribution in [0.15, 0.2) is 0 Å². The van der Waals surface area contributed by atoms with E-state index in [-0.39, 0.29) is 24.2 Å². The second kappa shape index (κ2) is 5.69. The number of hydrogen-bond acceptors (Lipinski definition) is 3. The summed E-state index contributed by atoms with van der Waals surface area (Å²) in [6.07, 6.45) is 1.68. The summed E-state index contributed by atoms with van der Waals surface area (Å²) in [5, 5.41) is 21.5. The average molecular weight is 203 g/mol. The highest BCUT2D eigenvalue weighted by Gasteiger charge is 2.24. The molecule has 0 saturated heterocycles. The van der Waals surface area contributed by atoms with Gasteiger partial charge in [0.05, 0.1) is 0 Å². The summed E-state index contributed by atoms with van der Waals surface area (Å²) in [4.78, 5) is 0. The maximum atomic E-state index is 9.22. The monoisotopic (exact) mass is 203 g/mol. The van der Waals surface area contributed by atoms with Crippen LogP contribution in [0.3, 0.4) is 0 Å². The zero-order valence-corrected chi connectivity index (χ0v) is 9.93. The summed E-state index contributed by atoms with van der Waals surface area (Å²) < 4.78 is 0. The third kappa shape index (κ3) is 4.94. The van der Waals surface area contributed by atoms with Gasteiger partial charge in [0.15, 0.2) is 0 Å². The van der Waals surface area contributed by atoms with Crippen molar-refractivity contribution >= 4 is 0 Å². The van der Waals surface area contributed by atoms with Gasteiger partial charge in [0.2, 0.25) is 0 Å². The summed E-state index contributed by atoms with van der Waals surface area (Å²) in [5.74, 6) is 0. The van der Waals surface area contributed by atoms with E-state index in [2.05, 4.69) is 33.0 Å². The quantitative estimate of drug-likeness (QED) is 0.582. The molecule has 0 radical (unpaired) electrons. The Kier molecular flexibility index (Phi) is 5.64. The molecule has 0 heterocycles. The lowest BCUT2D eigenvalue weighted by molar-refractivity contribution is 0.120. The molecular weight excluding hydrogens is 178 g/mol. The summed E-state index contributed by atoms with van der Waals surface area (Å²) in [6.45, 7) is 9.46. The fourth-order valence-electron chi connectivity index (χ4n) is 1.11. The van der Waals surface area contributed by atoms with E-state index in [1.54, 1.807) is 0 Å². The zero-order chi connectivity index (χ0) is 11.2. The average Bonchev–Trinajstić information content (AvgIpc) is 2.14.